The summed E-state index contributed by atoms with van der Waals surface area (Å²) in [5.41, 5.74) is 9.12. The molecule has 49 heavy (non-hydrogen) atoms. The molecule has 0 radical (unpaired) electrons. The highest BCUT2D eigenvalue weighted by Gasteiger charge is 2.19. The van der Waals surface area contributed by atoms with E-state index in [1.165, 1.54) is 59.2 Å². The molecule has 3 nitrogen and oxygen atoms in total. The minimum atomic E-state index is 1.03. The second kappa shape index (κ2) is 11.2. The highest BCUT2D eigenvalue weighted by Crippen LogP contribution is 2.43. The van der Waals surface area contributed by atoms with E-state index in [2.05, 4.69) is 179 Å². The minimum absolute atomic E-state index is 1.03. The second-order valence-electron chi connectivity index (χ2n) is 12.4. The summed E-state index contributed by atoms with van der Waals surface area (Å²) < 4.78 is 3.65. The summed E-state index contributed by atoms with van der Waals surface area (Å²) in [6.45, 7) is 0. The first-order valence-electron chi connectivity index (χ1n) is 16.5. The van der Waals surface area contributed by atoms with Gasteiger partial charge in [0, 0.05) is 43.3 Å². The highest BCUT2D eigenvalue weighted by atomic mass is 32.1. The maximum absolute atomic E-state index is 5.09. The van der Waals surface area contributed by atoms with Crippen molar-refractivity contribution in [3.8, 4) is 16.8 Å². The van der Waals surface area contributed by atoms with Crippen LogP contribution < -0.4 is 4.90 Å². The van der Waals surface area contributed by atoms with E-state index < -0.39 is 0 Å². The lowest BCUT2D eigenvalue weighted by Gasteiger charge is -2.26. The molecule has 4 heteroatoms. The van der Waals surface area contributed by atoms with Crippen molar-refractivity contribution < 1.29 is 0 Å². The third-order valence-electron chi connectivity index (χ3n) is 9.62. The normalized spacial score (nSPS) is 11.7. The predicted octanol–water partition coefficient (Wildman–Crippen LogP) is 12.8. The lowest BCUT2D eigenvalue weighted by Crippen LogP contribution is -2.10. The zero-order valence-corrected chi connectivity index (χ0v) is 27.3. The zero-order valence-electron chi connectivity index (χ0n) is 26.5. The summed E-state index contributed by atoms with van der Waals surface area (Å²) >= 11 is 1.77. The minimum Gasteiger partial charge on any atom is -0.309 e. The quantitative estimate of drug-likeness (QED) is 0.186. The molecule has 0 saturated carbocycles. The maximum Gasteiger partial charge on any atom is 0.124 e. The van der Waals surface area contributed by atoms with Gasteiger partial charge < -0.3 is 9.47 Å². The Balaban J connectivity index is 1.19. The van der Waals surface area contributed by atoms with Crippen LogP contribution in [-0.2, 0) is 0 Å². The van der Waals surface area contributed by atoms with Crippen molar-refractivity contribution in [3.63, 3.8) is 0 Å². The van der Waals surface area contributed by atoms with E-state index in [9.17, 15) is 0 Å². The summed E-state index contributed by atoms with van der Waals surface area (Å²) in [5, 5.41) is 7.39. The Labute approximate surface area is 287 Å². The predicted molar refractivity (Wildman–Crippen MR) is 209 cm³/mol. The Morgan fingerprint density at radius 2 is 1.10 bits per heavy atom. The Morgan fingerprint density at radius 1 is 0.449 bits per heavy atom. The number of fused-ring (bicyclic) bond motifs is 8. The third-order valence-corrected chi connectivity index (χ3v) is 10.8. The van der Waals surface area contributed by atoms with Crippen molar-refractivity contribution in [1.29, 1.82) is 0 Å². The van der Waals surface area contributed by atoms with Crippen molar-refractivity contribution >= 4 is 81.3 Å². The van der Waals surface area contributed by atoms with Crippen LogP contribution in [0.4, 0.5) is 17.1 Å². The van der Waals surface area contributed by atoms with Gasteiger partial charge >= 0.3 is 0 Å². The maximum atomic E-state index is 5.09. The standard InChI is InChI=1S/C45H29N3S/c1-3-11-30(12-4-1)31-19-22-34(23-20-31)47(36-28-41-39-25-21-32-13-7-8-16-37(32)44(39)49-45(41)46-29-36)35-24-26-43-40(27-35)38-17-9-10-18-42(38)48(43)33-14-5-2-6-15-33/h1-29H. The molecule has 0 aliphatic heterocycles. The number of nitrogens with zero attached hydrogens (tertiary/aromatic N) is 3. The smallest absolute Gasteiger partial charge is 0.124 e. The van der Waals surface area contributed by atoms with Crippen molar-refractivity contribution in [1.82, 2.24) is 9.55 Å². The van der Waals surface area contributed by atoms with E-state index in [0.29, 0.717) is 0 Å². The molecule has 0 unspecified atom stereocenters. The number of hydrogen-bond acceptors (Lipinski definition) is 3. The number of aromatic nitrogens is 2. The molecule has 3 heterocycles. The molecule has 0 amide bonds. The summed E-state index contributed by atoms with van der Waals surface area (Å²) in [6, 6.07) is 61.0. The van der Waals surface area contributed by atoms with Gasteiger partial charge in [0.25, 0.3) is 0 Å². The van der Waals surface area contributed by atoms with Crippen LogP contribution in [0.5, 0.6) is 0 Å². The first-order chi connectivity index (χ1) is 24.3. The van der Waals surface area contributed by atoms with Gasteiger partial charge in [-0.15, -0.1) is 11.3 Å². The molecule has 0 spiro atoms. The number of benzene rings is 7. The molecular weight excluding hydrogens is 615 g/mol. The number of pyridine rings is 1. The van der Waals surface area contributed by atoms with Crippen LogP contribution in [0.25, 0.3) is 69.7 Å². The molecule has 7 aromatic carbocycles. The van der Waals surface area contributed by atoms with E-state index in [-0.39, 0.29) is 0 Å². The van der Waals surface area contributed by atoms with Gasteiger partial charge in [-0.05, 0) is 76.5 Å². The average molecular weight is 644 g/mol. The summed E-state index contributed by atoms with van der Waals surface area (Å²) in [7, 11) is 0. The SMILES string of the molecule is c1ccc(-c2ccc(N(c3cnc4sc5c6ccccc6ccc5c4c3)c3ccc4c(c3)c3ccccc3n4-c3ccccc3)cc2)cc1. The van der Waals surface area contributed by atoms with Crippen LogP contribution in [0, 0.1) is 0 Å². The van der Waals surface area contributed by atoms with Crippen molar-refractivity contribution in [2.45, 2.75) is 0 Å². The molecule has 0 saturated heterocycles. The number of hydrogen-bond donors (Lipinski definition) is 0. The summed E-state index contributed by atoms with van der Waals surface area (Å²) in [6.07, 6.45) is 2.03. The Bertz CT molecular complexity index is 2820. The van der Waals surface area contributed by atoms with E-state index in [1.54, 1.807) is 11.3 Å². The Morgan fingerprint density at radius 3 is 1.94 bits per heavy atom. The van der Waals surface area contributed by atoms with Gasteiger partial charge in [-0.2, -0.15) is 0 Å². The number of thiophene rings is 1. The molecule has 230 valence electrons. The van der Waals surface area contributed by atoms with Crippen LogP contribution in [-0.4, -0.2) is 9.55 Å². The molecule has 0 atom stereocenters. The van der Waals surface area contributed by atoms with E-state index in [4.69, 9.17) is 4.98 Å². The molecule has 0 aliphatic carbocycles. The Hall–Kier alpha value is -6.23. The van der Waals surface area contributed by atoms with E-state index >= 15 is 0 Å². The fourth-order valence-corrected chi connectivity index (χ4v) is 8.50. The lowest BCUT2D eigenvalue weighted by atomic mass is 10.0. The topological polar surface area (TPSA) is 21.1 Å². The van der Waals surface area contributed by atoms with Crippen LogP contribution in [0.2, 0.25) is 0 Å². The van der Waals surface area contributed by atoms with Gasteiger partial charge in [-0.1, -0.05) is 115 Å². The van der Waals surface area contributed by atoms with Gasteiger partial charge in [0.2, 0.25) is 0 Å². The fraction of sp³-hybridized carbons (Fsp3) is 0. The van der Waals surface area contributed by atoms with Gasteiger partial charge in [-0.3, -0.25) is 0 Å². The highest BCUT2D eigenvalue weighted by molar-refractivity contribution is 7.26. The van der Waals surface area contributed by atoms with Crippen molar-refractivity contribution in [2.75, 3.05) is 4.90 Å². The van der Waals surface area contributed by atoms with Gasteiger partial charge in [-0.25, -0.2) is 4.98 Å². The third kappa shape index (κ3) is 4.53. The molecular formula is C45H29N3S. The fourth-order valence-electron chi connectivity index (χ4n) is 7.34. The largest absolute Gasteiger partial charge is 0.309 e. The van der Waals surface area contributed by atoms with Gasteiger partial charge in [0.1, 0.15) is 4.83 Å². The van der Waals surface area contributed by atoms with Crippen molar-refractivity contribution in [3.05, 3.63) is 176 Å². The monoisotopic (exact) mass is 643 g/mol. The first kappa shape index (κ1) is 27.8. The summed E-state index contributed by atoms with van der Waals surface area (Å²) in [5.74, 6) is 0. The van der Waals surface area contributed by atoms with E-state index in [0.717, 1.165) is 27.6 Å². The second-order valence-corrected chi connectivity index (χ2v) is 13.4. The zero-order chi connectivity index (χ0) is 32.3. The molecule has 10 rings (SSSR count). The molecule has 0 N–H and O–H groups in total. The van der Waals surface area contributed by atoms with Crippen LogP contribution in [0.1, 0.15) is 0 Å². The molecule has 0 bridgehead atoms. The molecule has 0 aliphatic rings. The molecule has 3 aromatic heterocycles. The van der Waals surface area contributed by atoms with Crippen LogP contribution in [0.3, 0.4) is 0 Å². The summed E-state index contributed by atoms with van der Waals surface area (Å²) in [4.78, 5) is 8.49. The number of rotatable bonds is 5. The van der Waals surface area contributed by atoms with Gasteiger partial charge in [0.05, 0.1) is 22.9 Å². The average Bonchev–Trinajstić information content (AvgIpc) is 3.71. The lowest BCUT2D eigenvalue weighted by molar-refractivity contribution is 1.18. The number of para-hydroxylation sites is 2. The van der Waals surface area contributed by atoms with Crippen LogP contribution >= 0.6 is 11.3 Å². The first-order valence-corrected chi connectivity index (χ1v) is 17.4. The van der Waals surface area contributed by atoms with E-state index in [1.807, 2.05) is 6.20 Å². The number of anilines is 3. The molecule has 10 aromatic rings. The Kier molecular flexibility index (Phi) is 6.36. The molecule has 0 fully saturated rings. The van der Waals surface area contributed by atoms with Crippen LogP contribution in [0.15, 0.2) is 176 Å². The van der Waals surface area contributed by atoms with Gasteiger partial charge in [0.15, 0.2) is 0 Å². The van der Waals surface area contributed by atoms with Crippen molar-refractivity contribution in [2.24, 2.45) is 0 Å².